The van der Waals surface area contributed by atoms with Crippen LogP contribution in [0.2, 0.25) is 0 Å². The van der Waals surface area contributed by atoms with Gasteiger partial charge in [0.25, 0.3) is 0 Å². The Morgan fingerprint density at radius 1 is 1.06 bits per heavy atom. The minimum absolute atomic E-state index is 0.00808. The summed E-state index contributed by atoms with van der Waals surface area (Å²) in [5.74, 6) is -0.280. The number of aliphatic carboxylic acids is 1. The quantitative estimate of drug-likeness (QED) is 0.367. The summed E-state index contributed by atoms with van der Waals surface area (Å²) >= 11 is 0. The Labute approximate surface area is 207 Å². The molecule has 1 heterocycles. The van der Waals surface area contributed by atoms with Gasteiger partial charge >= 0.3 is 12.1 Å². The largest absolute Gasteiger partial charge is 0.481 e. The Bertz CT molecular complexity index is 938. The van der Waals surface area contributed by atoms with Gasteiger partial charge in [-0.25, -0.2) is 0 Å². The van der Waals surface area contributed by atoms with Gasteiger partial charge in [-0.05, 0) is 79.3 Å². The molecular formula is C29H38F3NO2. The molecule has 0 radical (unpaired) electrons. The Hall–Kier alpha value is -2.34. The first-order valence-corrected chi connectivity index (χ1v) is 12.8. The zero-order valence-electron chi connectivity index (χ0n) is 21.0. The van der Waals surface area contributed by atoms with Crippen molar-refractivity contribution in [2.75, 3.05) is 6.54 Å². The second kappa shape index (κ2) is 12.1. The van der Waals surface area contributed by atoms with Crippen molar-refractivity contribution in [3.8, 4) is 0 Å². The lowest BCUT2D eigenvalue weighted by molar-refractivity contribution is -0.139. The zero-order valence-corrected chi connectivity index (χ0v) is 21.0. The summed E-state index contributed by atoms with van der Waals surface area (Å²) in [4.78, 5) is 13.8. The first-order chi connectivity index (χ1) is 16.6. The lowest BCUT2D eigenvalue weighted by Gasteiger charge is -2.44. The number of aryl methyl sites for hydroxylation is 1. The molecule has 1 fully saturated rings. The Morgan fingerprint density at radius 3 is 2.26 bits per heavy atom. The van der Waals surface area contributed by atoms with Gasteiger partial charge in [0.05, 0.1) is 5.56 Å². The van der Waals surface area contributed by atoms with Gasteiger partial charge in [-0.1, -0.05) is 63.6 Å². The van der Waals surface area contributed by atoms with Crippen LogP contribution in [0.25, 0.3) is 0 Å². The van der Waals surface area contributed by atoms with E-state index in [0.29, 0.717) is 12.3 Å². The Kier molecular flexibility index (Phi) is 9.40. The number of carbonyl (C=O) groups is 1. The van der Waals surface area contributed by atoms with Crippen molar-refractivity contribution in [1.29, 1.82) is 0 Å². The summed E-state index contributed by atoms with van der Waals surface area (Å²) in [5, 5.41) is 9.38. The van der Waals surface area contributed by atoms with E-state index in [-0.39, 0.29) is 24.4 Å². The molecule has 2 aromatic carbocycles. The molecule has 1 N–H and O–H groups in total. The number of likely N-dealkylation sites (tertiary alicyclic amines) is 1. The number of rotatable bonds is 10. The van der Waals surface area contributed by atoms with Gasteiger partial charge in [0.15, 0.2) is 0 Å². The third-order valence-corrected chi connectivity index (χ3v) is 7.16. The van der Waals surface area contributed by atoms with Crippen LogP contribution in [0.3, 0.4) is 0 Å². The van der Waals surface area contributed by atoms with Gasteiger partial charge in [0.2, 0.25) is 0 Å². The fourth-order valence-electron chi connectivity index (χ4n) is 5.29. The maximum Gasteiger partial charge on any atom is 0.416 e. The van der Waals surface area contributed by atoms with E-state index in [4.69, 9.17) is 0 Å². The van der Waals surface area contributed by atoms with Crippen molar-refractivity contribution >= 4 is 5.97 Å². The standard InChI is InChI=1S/C29H38F3NO2/c1-4-5-21-7-9-23(10-8-21)26(15-6-20(2)3)33-17-16-22(19-28(34)35)18-27(33)24-11-13-25(14-12-24)29(30,31)32/h7-14,20,22,26-27H,4-6,15-19H2,1-3H3,(H,34,35)/t22-,26-,27+/m1/s1. The third kappa shape index (κ3) is 7.57. The van der Waals surface area contributed by atoms with E-state index in [1.807, 2.05) is 0 Å². The van der Waals surface area contributed by atoms with E-state index >= 15 is 0 Å². The average Bonchev–Trinajstić information content (AvgIpc) is 2.80. The number of alkyl halides is 3. The molecule has 1 saturated heterocycles. The molecule has 0 amide bonds. The molecule has 1 aliphatic heterocycles. The lowest BCUT2D eigenvalue weighted by atomic mass is 9.82. The molecule has 2 aromatic rings. The summed E-state index contributed by atoms with van der Waals surface area (Å²) < 4.78 is 39.5. The van der Waals surface area contributed by atoms with Gasteiger partial charge in [0.1, 0.15) is 0 Å². The van der Waals surface area contributed by atoms with Gasteiger partial charge in [-0.3, -0.25) is 9.69 Å². The van der Waals surface area contributed by atoms with E-state index in [1.165, 1.54) is 11.1 Å². The molecule has 0 aliphatic carbocycles. The van der Waals surface area contributed by atoms with Gasteiger partial charge in [0, 0.05) is 18.5 Å². The van der Waals surface area contributed by atoms with Crippen molar-refractivity contribution in [1.82, 2.24) is 4.90 Å². The second-order valence-electron chi connectivity index (χ2n) is 10.3. The van der Waals surface area contributed by atoms with Gasteiger partial charge < -0.3 is 5.11 Å². The van der Waals surface area contributed by atoms with Crippen molar-refractivity contribution in [3.05, 3.63) is 70.8 Å². The van der Waals surface area contributed by atoms with Gasteiger partial charge in [-0.15, -0.1) is 0 Å². The molecule has 192 valence electrons. The third-order valence-electron chi connectivity index (χ3n) is 7.16. The summed E-state index contributed by atoms with van der Waals surface area (Å²) in [7, 11) is 0. The zero-order chi connectivity index (χ0) is 25.6. The van der Waals surface area contributed by atoms with Crippen LogP contribution >= 0.6 is 0 Å². The van der Waals surface area contributed by atoms with E-state index in [0.717, 1.165) is 56.3 Å². The van der Waals surface area contributed by atoms with Crippen LogP contribution < -0.4 is 0 Å². The molecule has 1 aliphatic rings. The van der Waals surface area contributed by atoms with E-state index < -0.39 is 17.7 Å². The Morgan fingerprint density at radius 2 is 1.71 bits per heavy atom. The molecule has 6 heteroatoms. The number of halogens is 3. The smallest absolute Gasteiger partial charge is 0.416 e. The van der Waals surface area contributed by atoms with Crippen molar-refractivity contribution < 1.29 is 23.1 Å². The maximum atomic E-state index is 13.2. The number of carboxylic acids is 1. The predicted molar refractivity (Wildman–Crippen MR) is 133 cm³/mol. The number of carboxylic acid groups (broad SMARTS) is 1. The molecule has 3 nitrogen and oxygen atoms in total. The summed E-state index contributed by atoms with van der Waals surface area (Å²) in [6, 6.07) is 14.2. The fraction of sp³-hybridized carbons (Fsp3) is 0.552. The highest BCUT2D eigenvalue weighted by atomic mass is 19.4. The van der Waals surface area contributed by atoms with Crippen LogP contribution in [0, 0.1) is 11.8 Å². The summed E-state index contributed by atoms with van der Waals surface area (Å²) in [6.07, 6.45) is 1.22. The minimum Gasteiger partial charge on any atom is -0.481 e. The highest BCUT2D eigenvalue weighted by Crippen LogP contribution is 2.43. The number of hydrogen-bond donors (Lipinski definition) is 1. The molecule has 0 aromatic heterocycles. The molecule has 0 saturated carbocycles. The summed E-state index contributed by atoms with van der Waals surface area (Å²) in [5.41, 5.74) is 2.69. The molecule has 35 heavy (non-hydrogen) atoms. The molecule has 0 bridgehead atoms. The first kappa shape index (κ1) is 27.3. The highest BCUT2D eigenvalue weighted by Gasteiger charge is 2.36. The van der Waals surface area contributed by atoms with Crippen molar-refractivity contribution in [2.24, 2.45) is 11.8 Å². The van der Waals surface area contributed by atoms with E-state index in [9.17, 15) is 23.1 Å². The van der Waals surface area contributed by atoms with Gasteiger partial charge in [-0.2, -0.15) is 13.2 Å². The molecule has 3 rings (SSSR count). The van der Waals surface area contributed by atoms with Crippen LogP contribution in [-0.2, 0) is 17.4 Å². The Balaban J connectivity index is 1.96. The first-order valence-electron chi connectivity index (χ1n) is 12.8. The van der Waals surface area contributed by atoms with Crippen LogP contribution in [0.5, 0.6) is 0 Å². The van der Waals surface area contributed by atoms with E-state index in [1.54, 1.807) is 12.1 Å². The molecule has 0 spiro atoms. The lowest BCUT2D eigenvalue weighted by Crippen LogP contribution is -2.40. The number of piperidine rings is 1. The predicted octanol–water partition coefficient (Wildman–Crippen LogP) is 8.06. The summed E-state index contributed by atoms with van der Waals surface area (Å²) in [6.45, 7) is 7.29. The topological polar surface area (TPSA) is 40.5 Å². The highest BCUT2D eigenvalue weighted by molar-refractivity contribution is 5.67. The molecule has 0 unspecified atom stereocenters. The van der Waals surface area contributed by atoms with E-state index in [2.05, 4.69) is 49.9 Å². The molecule has 3 atom stereocenters. The normalized spacial score (nSPS) is 20.2. The van der Waals surface area contributed by atoms with Crippen LogP contribution in [0.15, 0.2) is 48.5 Å². The van der Waals surface area contributed by atoms with Crippen LogP contribution in [0.4, 0.5) is 13.2 Å². The number of hydrogen-bond acceptors (Lipinski definition) is 2. The van der Waals surface area contributed by atoms with Crippen molar-refractivity contribution in [2.45, 2.75) is 84.0 Å². The average molecular weight is 490 g/mol. The SMILES string of the molecule is CCCc1ccc([C@@H](CCC(C)C)N2CC[C@@H](CC(=O)O)C[C@H]2c2ccc(C(F)(F)F)cc2)cc1. The second-order valence-corrected chi connectivity index (χ2v) is 10.3. The number of benzene rings is 2. The van der Waals surface area contributed by atoms with Crippen LogP contribution in [-0.4, -0.2) is 22.5 Å². The fourth-order valence-corrected chi connectivity index (χ4v) is 5.29. The monoisotopic (exact) mass is 489 g/mol. The van der Waals surface area contributed by atoms with Crippen LogP contribution in [0.1, 0.15) is 93.6 Å². The van der Waals surface area contributed by atoms with Crippen molar-refractivity contribution in [3.63, 3.8) is 0 Å². The maximum absolute atomic E-state index is 13.2. The number of nitrogens with zero attached hydrogens (tertiary/aromatic N) is 1. The minimum atomic E-state index is -4.38. The molecular weight excluding hydrogens is 451 g/mol.